The number of allylic oxidation sites excluding steroid dienone is 2. The lowest BCUT2D eigenvalue weighted by Crippen LogP contribution is -2.33. The summed E-state index contributed by atoms with van der Waals surface area (Å²) in [7, 11) is 4.75. The lowest BCUT2D eigenvalue weighted by atomic mass is 9.78. The van der Waals surface area contributed by atoms with Gasteiger partial charge in [-0.1, -0.05) is 28.1 Å². The first-order valence-corrected chi connectivity index (χ1v) is 11.3. The second-order valence-electron chi connectivity index (χ2n) is 7.99. The monoisotopic (exact) mass is 510 g/mol. The third-order valence-electron chi connectivity index (χ3n) is 6.18. The maximum absolute atomic E-state index is 13.6. The smallest absolute Gasteiger partial charge is 0.226 e. The zero-order valence-corrected chi connectivity index (χ0v) is 20.0. The van der Waals surface area contributed by atoms with Crippen LogP contribution in [-0.4, -0.2) is 41.9 Å². The van der Waals surface area contributed by atoms with Gasteiger partial charge in [0, 0.05) is 22.2 Å². The van der Waals surface area contributed by atoms with E-state index in [1.165, 1.54) is 6.33 Å². The van der Waals surface area contributed by atoms with Crippen LogP contribution in [0.2, 0.25) is 0 Å². The Bertz CT molecular complexity index is 1240. The van der Waals surface area contributed by atoms with E-state index < -0.39 is 0 Å². The standard InChI is InChI=1S/C24H23BrN4O4/c1-31-19-10-15(11-20(32-2)23(19)33-3)14-8-17-21(18(30)9-14)22(13-5-4-6-16(25)7-13)29-24(28-17)26-12-27-29/h4-7,10-12,14,22H,8-9H2,1-3H3,(H,26,27,28)/t14-,22-/m1/s1. The predicted molar refractivity (Wildman–Crippen MR) is 126 cm³/mol. The molecule has 33 heavy (non-hydrogen) atoms. The second kappa shape index (κ2) is 8.55. The van der Waals surface area contributed by atoms with Gasteiger partial charge in [0.15, 0.2) is 17.3 Å². The third-order valence-corrected chi connectivity index (χ3v) is 6.68. The van der Waals surface area contributed by atoms with Crippen LogP contribution in [0.1, 0.15) is 35.9 Å². The molecule has 2 atom stereocenters. The Hall–Kier alpha value is -3.33. The normalized spacial score (nSPS) is 19.5. The zero-order chi connectivity index (χ0) is 23.1. The molecule has 9 heteroatoms. The first-order chi connectivity index (χ1) is 16.0. The van der Waals surface area contributed by atoms with E-state index in [2.05, 4.69) is 31.3 Å². The van der Waals surface area contributed by atoms with Crippen molar-refractivity contribution >= 4 is 27.7 Å². The number of aromatic nitrogens is 3. The van der Waals surface area contributed by atoms with Crippen LogP contribution in [0.3, 0.4) is 0 Å². The van der Waals surface area contributed by atoms with Gasteiger partial charge in [-0.25, -0.2) is 4.68 Å². The number of rotatable bonds is 5. The number of carbonyl (C=O) groups is 1. The van der Waals surface area contributed by atoms with Crippen LogP contribution in [0, 0.1) is 0 Å². The highest BCUT2D eigenvalue weighted by Crippen LogP contribution is 2.47. The Morgan fingerprint density at radius 2 is 1.79 bits per heavy atom. The van der Waals surface area contributed by atoms with E-state index in [0.717, 1.165) is 26.9 Å². The fourth-order valence-corrected chi connectivity index (χ4v) is 5.13. The van der Waals surface area contributed by atoms with Gasteiger partial charge in [-0.2, -0.15) is 10.1 Å². The van der Waals surface area contributed by atoms with Gasteiger partial charge in [0.1, 0.15) is 12.4 Å². The van der Waals surface area contributed by atoms with Gasteiger partial charge in [0.05, 0.1) is 21.3 Å². The van der Waals surface area contributed by atoms with Gasteiger partial charge in [0.25, 0.3) is 0 Å². The molecule has 0 spiro atoms. The Labute approximate surface area is 199 Å². The molecule has 1 aliphatic heterocycles. The molecule has 1 aromatic heterocycles. The molecule has 2 aliphatic rings. The van der Waals surface area contributed by atoms with Gasteiger partial charge in [-0.05, 0) is 47.7 Å². The van der Waals surface area contributed by atoms with Crippen LogP contribution < -0.4 is 19.5 Å². The number of ketones is 1. The van der Waals surface area contributed by atoms with Crippen LogP contribution >= 0.6 is 15.9 Å². The quantitative estimate of drug-likeness (QED) is 0.541. The fourth-order valence-electron chi connectivity index (χ4n) is 4.71. The number of methoxy groups -OCH3 is 3. The highest BCUT2D eigenvalue weighted by atomic mass is 79.9. The van der Waals surface area contributed by atoms with Crippen molar-refractivity contribution in [2.45, 2.75) is 24.8 Å². The number of halogens is 1. The van der Waals surface area contributed by atoms with Crippen LogP contribution in [-0.2, 0) is 4.79 Å². The summed E-state index contributed by atoms with van der Waals surface area (Å²) >= 11 is 3.55. The number of ether oxygens (including phenoxy) is 3. The van der Waals surface area contributed by atoms with Crippen molar-refractivity contribution in [3.8, 4) is 17.2 Å². The Balaban J connectivity index is 1.58. The van der Waals surface area contributed by atoms with E-state index in [1.54, 1.807) is 26.0 Å². The van der Waals surface area contributed by atoms with Crippen molar-refractivity contribution in [3.05, 3.63) is 69.6 Å². The van der Waals surface area contributed by atoms with Crippen molar-refractivity contribution in [2.75, 3.05) is 26.6 Å². The predicted octanol–water partition coefficient (Wildman–Crippen LogP) is 4.48. The van der Waals surface area contributed by atoms with E-state index >= 15 is 0 Å². The number of hydrogen-bond acceptors (Lipinski definition) is 7. The molecule has 0 unspecified atom stereocenters. The summed E-state index contributed by atoms with van der Waals surface area (Å²) in [5, 5.41) is 7.76. The topological polar surface area (TPSA) is 87.5 Å². The van der Waals surface area contributed by atoms with Crippen LogP contribution in [0.15, 0.2) is 58.5 Å². The van der Waals surface area contributed by atoms with Crippen LogP contribution in [0.25, 0.3) is 0 Å². The number of benzene rings is 2. The van der Waals surface area contributed by atoms with Gasteiger partial charge in [0.2, 0.25) is 11.7 Å². The SMILES string of the molecule is COc1cc([C@H]2CC(=O)C3=C(C2)Nc2ncnn2[C@@H]3c2cccc(Br)c2)cc(OC)c1OC. The molecular weight excluding hydrogens is 488 g/mol. The third kappa shape index (κ3) is 3.66. The maximum Gasteiger partial charge on any atom is 0.226 e. The molecule has 170 valence electrons. The largest absolute Gasteiger partial charge is 0.493 e. The summed E-state index contributed by atoms with van der Waals surface area (Å²) < 4.78 is 19.2. The van der Waals surface area contributed by atoms with E-state index in [-0.39, 0.29) is 17.7 Å². The Kier molecular flexibility index (Phi) is 5.57. The minimum Gasteiger partial charge on any atom is -0.493 e. The Morgan fingerprint density at radius 3 is 2.45 bits per heavy atom. The molecule has 2 heterocycles. The molecule has 0 saturated heterocycles. The van der Waals surface area contributed by atoms with E-state index in [1.807, 2.05) is 36.4 Å². The van der Waals surface area contributed by atoms with Gasteiger partial charge < -0.3 is 19.5 Å². The molecule has 8 nitrogen and oxygen atoms in total. The summed E-state index contributed by atoms with van der Waals surface area (Å²) in [6, 6.07) is 11.5. The molecule has 5 rings (SSSR count). The fraction of sp³-hybridized carbons (Fsp3) is 0.292. The first kappa shape index (κ1) is 21.5. The number of hydrogen-bond donors (Lipinski definition) is 1. The molecule has 1 N–H and O–H groups in total. The number of carbonyl (C=O) groups excluding carboxylic acids is 1. The molecule has 0 bridgehead atoms. The highest BCUT2D eigenvalue weighted by molar-refractivity contribution is 9.10. The number of nitrogens with one attached hydrogen (secondary N) is 1. The average Bonchev–Trinajstić information content (AvgIpc) is 3.29. The van der Waals surface area contributed by atoms with Crippen molar-refractivity contribution in [1.29, 1.82) is 0 Å². The number of nitrogens with zero attached hydrogens (tertiary/aromatic N) is 3. The lowest BCUT2D eigenvalue weighted by molar-refractivity contribution is -0.116. The minimum atomic E-state index is -0.329. The van der Waals surface area contributed by atoms with Crippen molar-refractivity contribution in [2.24, 2.45) is 0 Å². The van der Waals surface area contributed by atoms with E-state index in [9.17, 15) is 4.79 Å². The summed E-state index contributed by atoms with van der Waals surface area (Å²) in [5.74, 6) is 2.33. The molecule has 1 aliphatic carbocycles. The van der Waals surface area contributed by atoms with E-state index in [4.69, 9.17) is 14.2 Å². The summed E-state index contributed by atoms with van der Waals surface area (Å²) in [6.07, 6.45) is 2.53. The molecule has 0 saturated carbocycles. The average molecular weight is 511 g/mol. The summed E-state index contributed by atoms with van der Waals surface area (Å²) in [4.78, 5) is 18.0. The Morgan fingerprint density at radius 1 is 1.03 bits per heavy atom. The van der Waals surface area contributed by atoms with Gasteiger partial charge in [-0.3, -0.25) is 4.79 Å². The molecular formula is C24H23BrN4O4. The van der Waals surface area contributed by atoms with Crippen molar-refractivity contribution in [3.63, 3.8) is 0 Å². The molecule has 3 aromatic rings. The first-order valence-electron chi connectivity index (χ1n) is 10.5. The minimum absolute atomic E-state index is 0.0462. The zero-order valence-electron chi connectivity index (χ0n) is 18.5. The summed E-state index contributed by atoms with van der Waals surface area (Å²) in [6.45, 7) is 0. The molecule has 2 aromatic carbocycles. The lowest BCUT2D eigenvalue weighted by Gasteiger charge is -2.35. The maximum atomic E-state index is 13.6. The second-order valence-corrected chi connectivity index (χ2v) is 8.91. The van der Waals surface area contributed by atoms with Gasteiger partial charge in [-0.15, -0.1) is 0 Å². The van der Waals surface area contributed by atoms with Crippen molar-refractivity contribution < 1.29 is 19.0 Å². The van der Waals surface area contributed by atoms with E-state index in [0.29, 0.717) is 36.0 Å². The van der Waals surface area contributed by atoms with Crippen LogP contribution in [0.4, 0.5) is 5.95 Å². The summed E-state index contributed by atoms with van der Waals surface area (Å²) in [5.41, 5.74) is 3.53. The number of anilines is 1. The molecule has 0 radical (unpaired) electrons. The number of fused-ring (bicyclic) bond motifs is 1. The highest BCUT2D eigenvalue weighted by Gasteiger charge is 2.39. The molecule has 0 fully saturated rings. The van der Waals surface area contributed by atoms with Crippen molar-refractivity contribution in [1.82, 2.24) is 14.8 Å². The molecule has 0 amide bonds. The van der Waals surface area contributed by atoms with Gasteiger partial charge >= 0.3 is 0 Å². The van der Waals surface area contributed by atoms with Crippen LogP contribution in [0.5, 0.6) is 17.2 Å². The number of Topliss-reactive ketones (excluding diaryl/α,β-unsaturated/α-hetero) is 1.